The van der Waals surface area contributed by atoms with Gasteiger partial charge in [-0.2, -0.15) is 0 Å². The Morgan fingerprint density at radius 3 is 2.03 bits per heavy atom. The molecule has 0 aliphatic carbocycles. The maximum atomic E-state index is 5.52. The largest absolute Gasteiger partial charge is 0.497 e. The molecule has 29 heavy (non-hydrogen) atoms. The molecule has 0 spiro atoms. The van der Waals surface area contributed by atoms with Crippen molar-refractivity contribution < 1.29 is 18.9 Å². The zero-order valence-corrected chi connectivity index (χ0v) is 17.1. The summed E-state index contributed by atoms with van der Waals surface area (Å²) in [4.78, 5) is 4.81. The van der Waals surface area contributed by atoms with Gasteiger partial charge in [-0.1, -0.05) is 12.1 Å². The second-order valence-electron chi connectivity index (χ2n) is 6.68. The van der Waals surface area contributed by atoms with Gasteiger partial charge in [-0.25, -0.2) is 0 Å². The van der Waals surface area contributed by atoms with Crippen LogP contribution < -0.4 is 18.9 Å². The van der Waals surface area contributed by atoms with Gasteiger partial charge in [0.25, 0.3) is 0 Å². The van der Waals surface area contributed by atoms with Gasteiger partial charge < -0.3 is 23.5 Å². The number of methoxy groups -OCH3 is 4. The van der Waals surface area contributed by atoms with Crippen molar-refractivity contribution in [2.45, 2.75) is 6.54 Å². The van der Waals surface area contributed by atoms with Crippen molar-refractivity contribution in [2.75, 3.05) is 35.0 Å². The fraction of sp³-hybridized carbons (Fsp3) is 0.261. The SMILES string of the molecule is COc1ccc(-c2cc3n(c2)CCN=C3c2cc(OC)c(OC)c(OC)c2)cc1. The molecule has 150 valence electrons. The van der Waals surface area contributed by atoms with Gasteiger partial charge >= 0.3 is 0 Å². The molecular formula is C23H24N2O4. The number of rotatable bonds is 6. The van der Waals surface area contributed by atoms with Crippen molar-refractivity contribution in [1.82, 2.24) is 4.57 Å². The van der Waals surface area contributed by atoms with Gasteiger partial charge in [-0.05, 0) is 35.9 Å². The number of benzene rings is 2. The molecule has 0 N–H and O–H groups in total. The maximum absolute atomic E-state index is 5.52. The van der Waals surface area contributed by atoms with Gasteiger partial charge in [0.1, 0.15) is 5.75 Å². The summed E-state index contributed by atoms with van der Waals surface area (Å²) in [6.45, 7) is 1.56. The predicted molar refractivity (Wildman–Crippen MR) is 113 cm³/mol. The van der Waals surface area contributed by atoms with Crippen LogP contribution in [0.1, 0.15) is 11.3 Å². The molecule has 0 radical (unpaired) electrons. The molecular weight excluding hydrogens is 368 g/mol. The van der Waals surface area contributed by atoms with E-state index in [4.69, 9.17) is 23.9 Å². The van der Waals surface area contributed by atoms with Gasteiger partial charge in [0.05, 0.1) is 46.4 Å². The molecule has 0 saturated heterocycles. The average molecular weight is 392 g/mol. The van der Waals surface area contributed by atoms with Gasteiger partial charge in [-0.3, -0.25) is 4.99 Å². The molecule has 6 nitrogen and oxygen atoms in total. The Bertz CT molecular complexity index is 1030. The summed E-state index contributed by atoms with van der Waals surface area (Å²) >= 11 is 0. The summed E-state index contributed by atoms with van der Waals surface area (Å²) in [5.41, 5.74) is 5.19. The Hall–Kier alpha value is -3.41. The Kier molecular flexibility index (Phi) is 5.16. The minimum Gasteiger partial charge on any atom is -0.497 e. The Morgan fingerprint density at radius 1 is 0.759 bits per heavy atom. The highest BCUT2D eigenvalue weighted by Gasteiger charge is 2.22. The third-order valence-corrected chi connectivity index (χ3v) is 5.11. The van der Waals surface area contributed by atoms with Crippen molar-refractivity contribution in [3.8, 4) is 34.1 Å². The van der Waals surface area contributed by atoms with E-state index in [0.717, 1.165) is 46.9 Å². The molecule has 0 saturated carbocycles. The quantitative estimate of drug-likeness (QED) is 0.635. The van der Waals surface area contributed by atoms with Crippen molar-refractivity contribution in [3.63, 3.8) is 0 Å². The predicted octanol–water partition coefficient (Wildman–Crippen LogP) is 4.04. The monoisotopic (exact) mass is 392 g/mol. The highest BCUT2D eigenvalue weighted by molar-refractivity contribution is 6.13. The Morgan fingerprint density at radius 2 is 1.45 bits per heavy atom. The number of nitrogens with zero attached hydrogens (tertiary/aromatic N) is 2. The third-order valence-electron chi connectivity index (χ3n) is 5.11. The van der Waals surface area contributed by atoms with Crippen LogP contribution in [0.15, 0.2) is 53.7 Å². The fourth-order valence-electron chi connectivity index (χ4n) is 3.64. The number of fused-ring (bicyclic) bond motifs is 1. The van der Waals surface area contributed by atoms with Gasteiger partial charge in [-0.15, -0.1) is 0 Å². The first kappa shape index (κ1) is 18.9. The van der Waals surface area contributed by atoms with E-state index in [1.807, 2.05) is 24.3 Å². The van der Waals surface area contributed by atoms with Crippen molar-refractivity contribution >= 4 is 5.71 Å². The van der Waals surface area contributed by atoms with Crippen molar-refractivity contribution in [1.29, 1.82) is 0 Å². The number of ether oxygens (including phenoxy) is 4. The minimum absolute atomic E-state index is 0.574. The number of hydrogen-bond acceptors (Lipinski definition) is 5. The van der Waals surface area contributed by atoms with E-state index < -0.39 is 0 Å². The van der Waals surface area contributed by atoms with Crippen LogP contribution in [0.4, 0.5) is 0 Å². The van der Waals surface area contributed by atoms with Crippen LogP contribution in [-0.2, 0) is 6.54 Å². The van der Waals surface area contributed by atoms with Gasteiger partial charge in [0, 0.05) is 23.9 Å². The first-order chi connectivity index (χ1) is 14.2. The summed E-state index contributed by atoms with van der Waals surface area (Å²) < 4.78 is 24.0. The van der Waals surface area contributed by atoms with E-state index in [1.54, 1.807) is 28.4 Å². The van der Waals surface area contributed by atoms with E-state index in [0.29, 0.717) is 17.2 Å². The highest BCUT2D eigenvalue weighted by atomic mass is 16.5. The number of aromatic nitrogens is 1. The van der Waals surface area contributed by atoms with E-state index in [9.17, 15) is 0 Å². The van der Waals surface area contributed by atoms with Crippen LogP contribution in [0, 0.1) is 0 Å². The van der Waals surface area contributed by atoms with E-state index in [1.165, 1.54) is 0 Å². The number of aliphatic imine (C=N–C) groups is 1. The Balaban J connectivity index is 1.77. The van der Waals surface area contributed by atoms with Crippen molar-refractivity contribution in [3.05, 3.63) is 59.9 Å². The standard InChI is InChI=1S/C23H24N2O4/c1-26-18-7-5-15(6-8-18)17-11-19-22(24-9-10-25(19)14-17)16-12-20(27-2)23(29-4)21(13-16)28-3/h5-8,11-14H,9-10H2,1-4H3. The maximum Gasteiger partial charge on any atom is 0.203 e. The molecule has 6 heteroatoms. The van der Waals surface area contributed by atoms with Gasteiger partial charge in [0.2, 0.25) is 5.75 Å². The molecule has 0 atom stereocenters. The van der Waals surface area contributed by atoms with Crippen LogP contribution in [0.2, 0.25) is 0 Å². The Labute approximate surface area is 170 Å². The summed E-state index contributed by atoms with van der Waals surface area (Å²) in [6, 6.07) is 14.1. The lowest BCUT2D eigenvalue weighted by Crippen LogP contribution is -2.18. The third kappa shape index (κ3) is 3.42. The zero-order chi connectivity index (χ0) is 20.4. The summed E-state index contributed by atoms with van der Waals surface area (Å²) in [6.07, 6.45) is 2.17. The highest BCUT2D eigenvalue weighted by Crippen LogP contribution is 2.39. The normalized spacial score (nSPS) is 12.8. The van der Waals surface area contributed by atoms with Crippen LogP contribution in [-0.4, -0.2) is 45.3 Å². The molecule has 0 fully saturated rings. The van der Waals surface area contributed by atoms with Crippen LogP contribution in [0.25, 0.3) is 11.1 Å². The van der Waals surface area contributed by atoms with Crippen LogP contribution in [0.5, 0.6) is 23.0 Å². The molecule has 2 heterocycles. The lowest BCUT2D eigenvalue weighted by atomic mass is 10.0. The summed E-state index contributed by atoms with van der Waals surface area (Å²) in [7, 11) is 6.51. The number of hydrogen-bond donors (Lipinski definition) is 0. The first-order valence-electron chi connectivity index (χ1n) is 9.38. The van der Waals surface area contributed by atoms with Crippen LogP contribution >= 0.6 is 0 Å². The molecule has 1 aliphatic rings. The summed E-state index contributed by atoms with van der Waals surface area (Å²) in [5, 5.41) is 0. The fourth-order valence-corrected chi connectivity index (χ4v) is 3.64. The molecule has 1 aliphatic heterocycles. The first-order valence-corrected chi connectivity index (χ1v) is 9.38. The summed E-state index contributed by atoms with van der Waals surface area (Å²) in [5.74, 6) is 2.65. The smallest absolute Gasteiger partial charge is 0.203 e. The van der Waals surface area contributed by atoms with Gasteiger partial charge in [0.15, 0.2) is 11.5 Å². The zero-order valence-electron chi connectivity index (χ0n) is 17.1. The molecule has 0 amide bonds. The second kappa shape index (κ2) is 7.91. The van der Waals surface area contributed by atoms with E-state index >= 15 is 0 Å². The second-order valence-corrected chi connectivity index (χ2v) is 6.68. The lowest BCUT2D eigenvalue weighted by molar-refractivity contribution is 0.324. The lowest BCUT2D eigenvalue weighted by Gasteiger charge is -2.19. The molecule has 4 rings (SSSR count). The molecule has 2 aromatic carbocycles. The average Bonchev–Trinajstić information content (AvgIpc) is 3.22. The minimum atomic E-state index is 0.574. The van der Waals surface area contributed by atoms with Crippen molar-refractivity contribution in [2.24, 2.45) is 4.99 Å². The molecule has 3 aromatic rings. The van der Waals surface area contributed by atoms with Crippen LogP contribution in [0.3, 0.4) is 0 Å². The topological polar surface area (TPSA) is 54.2 Å². The molecule has 0 unspecified atom stereocenters. The molecule has 1 aromatic heterocycles. The van der Waals surface area contributed by atoms with E-state index in [-0.39, 0.29) is 0 Å². The van der Waals surface area contributed by atoms with E-state index in [2.05, 4.69) is 29.0 Å². The molecule has 0 bridgehead atoms.